The third-order valence-electron chi connectivity index (χ3n) is 3.33. The lowest BCUT2D eigenvalue weighted by atomic mass is 10.1. The summed E-state index contributed by atoms with van der Waals surface area (Å²) < 4.78 is 5.03. The number of amides is 2. The molecule has 0 radical (unpaired) electrons. The first-order valence-electron chi connectivity index (χ1n) is 7.32. The SMILES string of the molecule is CCCCN(C)C(=O)c1ccc(NC(=O)c2ccco2)cc1. The second kappa shape index (κ2) is 7.45. The Kier molecular flexibility index (Phi) is 5.36. The minimum atomic E-state index is -0.316. The average molecular weight is 300 g/mol. The van der Waals surface area contributed by atoms with Gasteiger partial charge in [-0.15, -0.1) is 0 Å². The number of nitrogens with one attached hydrogen (secondary N) is 1. The van der Waals surface area contributed by atoms with E-state index in [2.05, 4.69) is 12.2 Å². The lowest BCUT2D eigenvalue weighted by Crippen LogP contribution is -2.27. The van der Waals surface area contributed by atoms with Crippen LogP contribution in [0, 0.1) is 0 Å². The highest BCUT2D eigenvalue weighted by molar-refractivity contribution is 6.02. The smallest absolute Gasteiger partial charge is 0.291 e. The molecule has 0 fully saturated rings. The van der Waals surface area contributed by atoms with Crippen LogP contribution in [-0.2, 0) is 0 Å². The number of hydrogen-bond donors (Lipinski definition) is 1. The number of carbonyl (C=O) groups is 2. The molecule has 22 heavy (non-hydrogen) atoms. The largest absolute Gasteiger partial charge is 0.459 e. The summed E-state index contributed by atoms with van der Waals surface area (Å²) in [5, 5.41) is 2.72. The molecule has 0 saturated heterocycles. The third kappa shape index (κ3) is 3.97. The molecule has 1 heterocycles. The summed E-state index contributed by atoms with van der Waals surface area (Å²) in [7, 11) is 1.80. The fourth-order valence-corrected chi connectivity index (χ4v) is 2.01. The molecule has 1 N–H and O–H groups in total. The Morgan fingerprint density at radius 2 is 1.91 bits per heavy atom. The molecule has 0 atom stereocenters. The van der Waals surface area contributed by atoms with Crippen LogP contribution in [0.2, 0.25) is 0 Å². The zero-order chi connectivity index (χ0) is 15.9. The van der Waals surface area contributed by atoms with Gasteiger partial charge in [-0.25, -0.2) is 0 Å². The molecule has 116 valence electrons. The maximum absolute atomic E-state index is 12.2. The van der Waals surface area contributed by atoms with E-state index in [1.807, 2.05) is 0 Å². The van der Waals surface area contributed by atoms with Gasteiger partial charge in [-0.05, 0) is 42.8 Å². The summed E-state index contributed by atoms with van der Waals surface area (Å²) in [6.45, 7) is 2.83. The van der Waals surface area contributed by atoms with Gasteiger partial charge in [-0.2, -0.15) is 0 Å². The molecule has 0 bridgehead atoms. The van der Waals surface area contributed by atoms with E-state index in [1.165, 1.54) is 6.26 Å². The van der Waals surface area contributed by atoms with Crippen molar-refractivity contribution in [3.8, 4) is 0 Å². The standard InChI is InChI=1S/C17H20N2O3/c1-3-4-11-19(2)17(21)13-7-9-14(10-8-13)18-16(20)15-6-5-12-22-15/h5-10,12H,3-4,11H2,1-2H3,(H,18,20). The number of furan rings is 1. The highest BCUT2D eigenvalue weighted by atomic mass is 16.3. The average Bonchev–Trinajstić information content (AvgIpc) is 3.07. The monoisotopic (exact) mass is 300 g/mol. The Bertz CT molecular complexity index is 618. The summed E-state index contributed by atoms with van der Waals surface area (Å²) in [6.07, 6.45) is 3.48. The first-order valence-corrected chi connectivity index (χ1v) is 7.32. The highest BCUT2D eigenvalue weighted by Gasteiger charge is 2.12. The molecule has 1 aromatic carbocycles. The van der Waals surface area contributed by atoms with Gasteiger partial charge in [0.2, 0.25) is 0 Å². The van der Waals surface area contributed by atoms with E-state index < -0.39 is 0 Å². The quantitative estimate of drug-likeness (QED) is 0.889. The second-order valence-electron chi connectivity index (χ2n) is 5.09. The number of anilines is 1. The van der Waals surface area contributed by atoms with E-state index in [0.29, 0.717) is 11.3 Å². The van der Waals surface area contributed by atoms with Crippen molar-refractivity contribution in [1.29, 1.82) is 0 Å². The lowest BCUT2D eigenvalue weighted by Gasteiger charge is -2.16. The van der Waals surface area contributed by atoms with Crippen molar-refractivity contribution in [3.63, 3.8) is 0 Å². The van der Waals surface area contributed by atoms with Gasteiger partial charge >= 0.3 is 0 Å². The highest BCUT2D eigenvalue weighted by Crippen LogP contribution is 2.13. The predicted molar refractivity (Wildman–Crippen MR) is 85.0 cm³/mol. The number of unbranched alkanes of at least 4 members (excludes halogenated alkanes) is 1. The molecule has 2 aromatic rings. The van der Waals surface area contributed by atoms with Crippen molar-refractivity contribution in [2.75, 3.05) is 18.9 Å². The van der Waals surface area contributed by atoms with E-state index in [1.54, 1.807) is 48.3 Å². The Morgan fingerprint density at radius 1 is 1.18 bits per heavy atom. The Hall–Kier alpha value is -2.56. The summed E-state index contributed by atoms with van der Waals surface area (Å²) >= 11 is 0. The zero-order valence-electron chi connectivity index (χ0n) is 12.8. The molecule has 0 aliphatic heterocycles. The molecule has 2 amide bonds. The minimum absolute atomic E-state index is 0.0163. The normalized spacial score (nSPS) is 10.3. The third-order valence-corrected chi connectivity index (χ3v) is 3.33. The van der Waals surface area contributed by atoms with Crippen molar-refractivity contribution < 1.29 is 14.0 Å². The Labute approximate surface area is 129 Å². The van der Waals surface area contributed by atoms with Crippen LogP contribution in [0.3, 0.4) is 0 Å². The van der Waals surface area contributed by atoms with Gasteiger partial charge in [0.05, 0.1) is 6.26 Å². The van der Waals surface area contributed by atoms with Crippen LogP contribution in [-0.4, -0.2) is 30.3 Å². The second-order valence-corrected chi connectivity index (χ2v) is 5.09. The molecule has 1 aromatic heterocycles. The first kappa shape index (κ1) is 15.8. The van der Waals surface area contributed by atoms with Crippen molar-refractivity contribution in [1.82, 2.24) is 4.90 Å². The van der Waals surface area contributed by atoms with E-state index >= 15 is 0 Å². The molecule has 0 aliphatic rings. The van der Waals surface area contributed by atoms with Crippen LogP contribution in [0.25, 0.3) is 0 Å². The van der Waals surface area contributed by atoms with Gasteiger partial charge in [-0.3, -0.25) is 9.59 Å². The van der Waals surface area contributed by atoms with Gasteiger partial charge in [0.1, 0.15) is 0 Å². The molecule has 0 spiro atoms. The molecule has 2 rings (SSSR count). The van der Waals surface area contributed by atoms with Crippen LogP contribution in [0.5, 0.6) is 0 Å². The first-order chi connectivity index (χ1) is 10.6. The molecule has 0 saturated carbocycles. The molecular formula is C17H20N2O3. The van der Waals surface area contributed by atoms with Gasteiger partial charge in [0.15, 0.2) is 5.76 Å². The number of nitrogens with zero attached hydrogens (tertiary/aromatic N) is 1. The van der Waals surface area contributed by atoms with Crippen LogP contribution in [0.15, 0.2) is 47.1 Å². The van der Waals surface area contributed by atoms with Crippen LogP contribution >= 0.6 is 0 Å². The van der Waals surface area contributed by atoms with Crippen molar-refractivity contribution in [3.05, 3.63) is 54.0 Å². The lowest BCUT2D eigenvalue weighted by molar-refractivity contribution is 0.0793. The Balaban J connectivity index is 1.98. The fraction of sp³-hybridized carbons (Fsp3) is 0.294. The topological polar surface area (TPSA) is 62.6 Å². The Morgan fingerprint density at radius 3 is 2.50 bits per heavy atom. The van der Waals surface area contributed by atoms with E-state index in [0.717, 1.165) is 19.4 Å². The number of benzene rings is 1. The predicted octanol–water partition coefficient (Wildman–Crippen LogP) is 3.40. The van der Waals surface area contributed by atoms with Crippen LogP contribution in [0.1, 0.15) is 40.7 Å². The minimum Gasteiger partial charge on any atom is -0.459 e. The maximum Gasteiger partial charge on any atom is 0.291 e. The maximum atomic E-state index is 12.2. The van der Waals surface area contributed by atoms with Gasteiger partial charge in [-0.1, -0.05) is 13.3 Å². The summed E-state index contributed by atoms with van der Waals surface area (Å²) in [5.74, 6) is -0.0825. The fourth-order valence-electron chi connectivity index (χ4n) is 2.01. The molecule has 0 unspecified atom stereocenters. The van der Waals surface area contributed by atoms with Crippen molar-refractivity contribution in [2.45, 2.75) is 19.8 Å². The number of hydrogen-bond acceptors (Lipinski definition) is 3. The molecular weight excluding hydrogens is 280 g/mol. The summed E-state index contributed by atoms with van der Waals surface area (Å²) in [6, 6.07) is 10.1. The zero-order valence-corrected chi connectivity index (χ0v) is 12.8. The van der Waals surface area contributed by atoms with E-state index in [4.69, 9.17) is 4.42 Å². The van der Waals surface area contributed by atoms with E-state index in [-0.39, 0.29) is 17.6 Å². The van der Waals surface area contributed by atoms with E-state index in [9.17, 15) is 9.59 Å². The van der Waals surface area contributed by atoms with Gasteiger partial charge in [0.25, 0.3) is 11.8 Å². The summed E-state index contributed by atoms with van der Waals surface area (Å²) in [4.78, 5) is 25.7. The number of rotatable bonds is 6. The van der Waals surface area contributed by atoms with Gasteiger partial charge < -0.3 is 14.6 Å². The van der Waals surface area contributed by atoms with Crippen molar-refractivity contribution in [2.24, 2.45) is 0 Å². The van der Waals surface area contributed by atoms with Crippen LogP contribution in [0.4, 0.5) is 5.69 Å². The molecule has 5 nitrogen and oxygen atoms in total. The molecule has 5 heteroatoms. The summed E-state index contributed by atoms with van der Waals surface area (Å²) in [5.41, 5.74) is 1.23. The molecule has 0 aliphatic carbocycles. The van der Waals surface area contributed by atoms with Crippen molar-refractivity contribution >= 4 is 17.5 Å². The number of carbonyl (C=O) groups excluding carboxylic acids is 2. The van der Waals surface area contributed by atoms with Crippen LogP contribution < -0.4 is 5.32 Å². The van der Waals surface area contributed by atoms with Gasteiger partial charge in [0, 0.05) is 24.8 Å².